The maximum atomic E-state index is 12.8. The summed E-state index contributed by atoms with van der Waals surface area (Å²) < 4.78 is 34.0. The molecule has 0 heterocycles. The van der Waals surface area contributed by atoms with Crippen LogP contribution in [0.1, 0.15) is 245 Å². The summed E-state index contributed by atoms with van der Waals surface area (Å²) in [6.45, 7) is 4.19. The summed E-state index contributed by atoms with van der Waals surface area (Å²) in [6.07, 6.45) is 36.3. The predicted octanol–water partition coefficient (Wildman–Crippen LogP) is 10.5. The number of carbonyl (C=O) groups is 4. The molecule has 3 atom stereocenters. The first-order valence-corrected chi connectivity index (χ1v) is 28.7. The lowest BCUT2D eigenvalue weighted by Crippen LogP contribution is -2.41. The van der Waals surface area contributed by atoms with Crippen LogP contribution < -0.4 is 27.8 Å². The summed E-state index contributed by atoms with van der Waals surface area (Å²) in [5.41, 5.74) is 16.5. The quantitative estimate of drug-likeness (QED) is 0.0109. The number of hydrogen-bond acceptors (Lipinski definition) is 11. The van der Waals surface area contributed by atoms with Gasteiger partial charge in [0.1, 0.15) is 6.61 Å². The number of unbranched alkanes of at least 4 members (excludes halogenated alkanes) is 28. The Morgan fingerprint density at radius 2 is 0.985 bits per heavy atom. The van der Waals surface area contributed by atoms with Crippen LogP contribution in [0.25, 0.3) is 0 Å². The van der Waals surface area contributed by atoms with Crippen molar-refractivity contribution in [2.45, 2.75) is 257 Å². The summed E-state index contributed by atoms with van der Waals surface area (Å²) in [5, 5.41) is 5.43. The number of amides is 2. The lowest BCUT2D eigenvalue weighted by Gasteiger charge is -2.20. The summed E-state index contributed by atoms with van der Waals surface area (Å²) in [7, 11) is -4.60. The van der Waals surface area contributed by atoms with Gasteiger partial charge in [-0.15, -0.1) is 0 Å². The maximum Gasteiger partial charge on any atom is 0.472 e. The van der Waals surface area contributed by atoms with Gasteiger partial charge in [-0.2, -0.15) is 0 Å². The van der Waals surface area contributed by atoms with Gasteiger partial charge in [-0.05, 0) is 38.5 Å². The second-order valence-electron chi connectivity index (χ2n) is 18.6. The third kappa shape index (κ3) is 46.9. The van der Waals surface area contributed by atoms with E-state index in [0.29, 0.717) is 58.0 Å². The highest BCUT2D eigenvalue weighted by atomic mass is 31.2. The monoisotopic (exact) mass is 989 g/mol. The smallest absolute Gasteiger partial charge is 0.462 e. The number of rotatable bonds is 51. The van der Waals surface area contributed by atoms with Gasteiger partial charge >= 0.3 is 19.8 Å². The lowest BCUT2D eigenvalue weighted by molar-refractivity contribution is -0.161. The highest BCUT2D eigenvalue weighted by Gasteiger charge is 2.26. The molecule has 0 fully saturated rings. The van der Waals surface area contributed by atoms with Crippen LogP contribution in [0.15, 0.2) is 4.99 Å². The van der Waals surface area contributed by atoms with Crippen molar-refractivity contribution >= 4 is 37.5 Å². The largest absolute Gasteiger partial charge is 0.472 e. The molecule has 0 bridgehead atoms. The summed E-state index contributed by atoms with van der Waals surface area (Å²) in [6, 6.07) is -0.651. The molecule has 0 aromatic heterocycles. The van der Waals surface area contributed by atoms with Gasteiger partial charge in [-0.3, -0.25) is 33.2 Å². The van der Waals surface area contributed by atoms with Gasteiger partial charge in [0.15, 0.2) is 12.1 Å². The fraction of sp³-hybridized carbons (Fsp3) is 0.902. The minimum atomic E-state index is -4.60. The van der Waals surface area contributed by atoms with Crippen molar-refractivity contribution in [3.05, 3.63) is 0 Å². The van der Waals surface area contributed by atoms with Gasteiger partial charge in [0.05, 0.1) is 19.3 Å². The molecule has 16 nitrogen and oxygen atoms in total. The molecule has 0 radical (unpaired) electrons. The van der Waals surface area contributed by atoms with Crippen LogP contribution in [-0.4, -0.2) is 86.2 Å². The first-order chi connectivity index (χ1) is 32.9. The molecule has 3 unspecified atom stereocenters. The molecular weight excluding hydrogens is 888 g/mol. The van der Waals surface area contributed by atoms with Crippen LogP contribution >= 0.6 is 7.82 Å². The Bertz CT molecular complexity index is 1310. The number of guanidine groups is 1. The molecule has 9 N–H and O–H groups in total. The van der Waals surface area contributed by atoms with Crippen LogP contribution in [0.4, 0.5) is 0 Å². The van der Waals surface area contributed by atoms with Crippen molar-refractivity contribution in [2.24, 2.45) is 22.2 Å². The van der Waals surface area contributed by atoms with E-state index in [1.165, 1.54) is 128 Å². The molecule has 0 aliphatic carbocycles. The van der Waals surface area contributed by atoms with Crippen molar-refractivity contribution in [1.82, 2.24) is 10.6 Å². The molecule has 0 saturated carbocycles. The number of esters is 2. The normalized spacial score (nSPS) is 13.1. The third-order valence-electron chi connectivity index (χ3n) is 12.0. The van der Waals surface area contributed by atoms with Crippen LogP contribution in [0.3, 0.4) is 0 Å². The van der Waals surface area contributed by atoms with Gasteiger partial charge in [0.2, 0.25) is 11.8 Å². The Morgan fingerprint density at radius 1 is 0.544 bits per heavy atom. The van der Waals surface area contributed by atoms with Crippen molar-refractivity contribution in [3.8, 4) is 0 Å². The predicted molar refractivity (Wildman–Crippen MR) is 275 cm³/mol. The van der Waals surface area contributed by atoms with Crippen molar-refractivity contribution in [1.29, 1.82) is 0 Å². The van der Waals surface area contributed by atoms with Gasteiger partial charge < -0.3 is 42.2 Å². The summed E-state index contributed by atoms with van der Waals surface area (Å²) in [4.78, 5) is 64.1. The Hall–Kier alpha value is -2.78. The van der Waals surface area contributed by atoms with Crippen molar-refractivity contribution in [2.75, 3.05) is 39.5 Å². The number of hydrogen-bond donors (Lipinski definition) is 6. The summed E-state index contributed by atoms with van der Waals surface area (Å²) in [5.74, 6) is -1.41. The second-order valence-corrected chi connectivity index (χ2v) is 20.0. The highest BCUT2D eigenvalue weighted by molar-refractivity contribution is 7.47. The zero-order valence-corrected chi connectivity index (χ0v) is 44.0. The van der Waals surface area contributed by atoms with E-state index in [9.17, 15) is 28.6 Å². The molecule has 2 amide bonds. The average Bonchev–Trinajstić information content (AvgIpc) is 3.31. The Morgan fingerprint density at radius 3 is 1.47 bits per heavy atom. The number of phosphoric acid groups is 1. The van der Waals surface area contributed by atoms with E-state index in [2.05, 4.69) is 29.5 Å². The number of nitrogens with two attached hydrogens (primary N) is 3. The minimum absolute atomic E-state index is 0.000497. The van der Waals surface area contributed by atoms with Crippen LogP contribution in [0, 0.1) is 0 Å². The minimum Gasteiger partial charge on any atom is -0.462 e. The molecule has 400 valence electrons. The number of carbonyl (C=O) groups excluding carboxylic acids is 4. The maximum absolute atomic E-state index is 12.8. The van der Waals surface area contributed by atoms with E-state index in [0.717, 1.165) is 38.5 Å². The van der Waals surface area contributed by atoms with Gasteiger partial charge in [-0.25, -0.2) is 4.57 Å². The zero-order valence-electron chi connectivity index (χ0n) is 43.1. The molecule has 0 spiro atoms. The van der Waals surface area contributed by atoms with E-state index in [-0.39, 0.29) is 56.8 Å². The molecule has 0 rings (SSSR count). The Balaban J connectivity index is 4.57. The number of phosphoric ester groups is 1. The first-order valence-electron chi connectivity index (χ1n) is 27.2. The van der Waals surface area contributed by atoms with Crippen molar-refractivity contribution in [3.63, 3.8) is 0 Å². The second kappa shape index (κ2) is 47.9. The summed E-state index contributed by atoms with van der Waals surface area (Å²) >= 11 is 0. The molecular formula is C51H101N6O10P. The number of ether oxygens (including phenoxy) is 2. The molecule has 68 heavy (non-hydrogen) atoms. The molecule has 0 aromatic carbocycles. The third-order valence-corrected chi connectivity index (χ3v) is 13.0. The van der Waals surface area contributed by atoms with E-state index in [1.54, 1.807) is 0 Å². The average molecular weight is 989 g/mol. The Kier molecular flexibility index (Phi) is 45.9. The van der Waals surface area contributed by atoms with E-state index >= 15 is 0 Å². The van der Waals surface area contributed by atoms with E-state index in [1.807, 2.05) is 0 Å². The molecule has 0 aliphatic rings. The lowest BCUT2D eigenvalue weighted by atomic mass is 10.0. The standard InChI is InChI=1S/C51H101N6O10P/c1-3-5-7-9-11-13-15-17-18-20-22-24-26-28-32-38-49(60)67-45(43-64-48(59)37-31-27-25-23-21-19-16-14-12-10-8-6-4-2)44-66-68(62,63)65-42-41-55-47(58)36-30-29-33-39-56-50(61)46(52)35-34-40-57-51(53)54/h45-46H,3-44,52H2,1-2H3,(H,55,58)(H,56,61)(H,62,63)(H4,53,54,57). The van der Waals surface area contributed by atoms with E-state index in [4.69, 9.17) is 35.7 Å². The van der Waals surface area contributed by atoms with Crippen molar-refractivity contribution < 1.29 is 47.2 Å². The van der Waals surface area contributed by atoms with Gasteiger partial charge in [0.25, 0.3) is 0 Å². The first kappa shape index (κ1) is 65.2. The van der Waals surface area contributed by atoms with Crippen LogP contribution in [-0.2, 0) is 42.3 Å². The van der Waals surface area contributed by atoms with Gasteiger partial charge in [0, 0.05) is 38.9 Å². The molecule has 0 aliphatic heterocycles. The van der Waals surface area contributed by atoms with Gasteiger partial charge in [-0.1, -0.05) is 187 Å². The Labute approximate surface area is 412 Å². The SMILES string of the molecule is CCCCCCCCCCCCCCCCCC(=O)OC(COC(=O)CCCCCCCCCCCCCCC)COP(=O)(O)OCCNC(=O)CCCCCNC(=O)C(N)CCCN=C(N)N. The topological polar surface area (TPSA) is 257 Å². The highest BCUT2D eigenvalue weighted by Crippen LogP contribution is 2.43. The number of aliphatic imine (C=N–C) groups is 1. The number of nitrogens with zero attached hydrogens (tertiary/aromatic N) is 1. The van der Waals surface area contributed by atoms with E-state index < -0.39 is 38.5 Å². The fourth-order valence-corrected chi connectivity index (χ4v) is 8.53. The molecule has 17 heteroatoms. The van der Waals surface area contributed by atoms with Crippen LogP contribution in [0.2, 0.25) is 0 Å². The molecule has 0 saturated heterocycles. The fourth-order valence-electron chi connectivity index (χ4n) is 7.78. The number of nitrogens with one attached hydrogen (secondary N) is 2. The van der Waals surface area contributed by atoms with Crippen LogP contribution in [0.5, 0.6) is 0 Å². The zero-order chi connectivity index (χ0) is 50.2. The molecule has 0 aromatic rings.